The van der Waals surface area contributed by atoms with Gasteiger partial charge in [0.25, 0.3) is 0 Å². The summed E-state index contributed by atoms with van der Waals surface area (Å²) < 4.78 is 7.45. The molecule has 0 bridgehead atoms. The van der Waals surface area contributed by atoms with Gasteiger partial charge in [-0.25, -0.2) is 0 Å². The first-order chi connectivity index (χ1) is 13.1. The molecule has 1 aliphatic heterocycles. The summed E-state index contributed by atoms with van der Waals surface area (Å²) in [4.78, 5) is 14.7. The Bertz CT molecular complexity index is 929. The Kier molecular flexibility index (Phi) is 5.03. The van der Waals surface area contributed by atoms with E-state index in [1.165, 1.54) is 11.8 Å². The van der Waals surface area contributed by atoms with Gasteiger partial charge in [0.2, 0.25) is 5.91 Å². The lowest BCUT2D eigenvalue weighted by atomic mass is 10.2. The van der Waals surface area contributed by atoms with Gasteiger partial charge in [-0.2, -0.15) is 0 Å². The third-order valence-electron chi connectivity index (χ3n) is 4.80. The van der Waals surface area contributed by atoms with Crippen LogP contribution >= 0.6 is 11.8 Å². The number of amides is 1. The predicted molar refractivity (Wildman–Crippen MR) is 105 cm³/mol. The van der Waals surface area contributed by atoms with Crippen LogP contribution in [0.15, 0.2) is 52.2 Å². The molecule has 0 unspecified atom stereocenters. The largest absolute Gasteiger partial charge is 0.469 e. The van der Waals surface area contributed by atoms with E-state index >= 15 is 0 Å². The summed E-state index contributed by atoms with van der Waals surface area (Å²) in [5.74, 6) is 1.68. The average molecular weight is 382 g/mol. The van der Waals surface area contributed by atoms with Crippen LogP contribution in [0.25, 0.3) is 17.1 Å². The summed E-state index contributed by atoms with van der Waals surface area (Å²) in [6, 6.07) is 11.9. The monoisotopic (exact) mass is 382 g/mol. The van der Waals surface area contributed by atoms with E-state index in [0.29, 0.717) is 5.16 Å². The predicted octanol–water partition coefficient (Wildman–Crippen LogP) is 3.94. The molecule has 2 aromatic heterocycles. The Morgan fingerprint density at radius 2 is 1.89 bits per heavy atom. The number of benzene rings is 1. The molecule has 1 fully saturated rings. The maximum Gasteiger partial charge on any atom is 0.235 e. The van der Waals surface area contributed by atoms with Crippen molar-refractivity contribution in [2.75, 3.05) is 13.1 Å². The smallest absolute Gasteiger partial charge is 0.235 e. The Hall–Kier alpha value is -2.54. The minimum absolute atomic E-state index is 0.168. The van der Waals surface area contributed by atoms with Gasteiger partial charge in [0, 0.05) is 18.8 Å². The van der Waals surface area contributed by atoms with E-state index in [0.717, 1.165) is 48.8 Å². The third kappa shape index (κ3) is 3.51. The second-order valence-electron chi connectivity index (χ2n) is 6.66. The fourth-order valence-corrected chi connectivity index (χ4v) is 4.30. The number of hydrogen-bond donors (Lipinski definition) is 0. The van der Waals surface area contributed by atoms with Gasteiger partial charge in [-0.1, -0.05) is 30.0 Å². The Morgan fingerprint density at radius 1 is 1.15 bits per heavy atom. The number of rotatable bonds is 5. The minimum Gasteiger partial charge on any atom is -0.469 e. The first kappa shape index (κ1) is 17.9. The number of aryl methyl sites for hydroxylation is 1. The summed E-state index contributed by atoms with van der Waals surface area (Å²) in [7, 11) is 0. The number of carbonyl (C=O) groups excluding carboxylic acids is 1. The van der Waals surface area contributed by atoms with E-state index in [4.69, 9.17) is 4.42 Å². The van der Waals surface area contributed by atoms with Gasteiger partial charge < -0.3 is 9.32 Å². The lowest BCUT2D eigenvalue weighted by Gasteiger charge is -2.20. The summed E-state index contributed by atoms with van der Waals surface area (Å²) in [6.07, 6.45) is 3.83. The Labute approximate surface area is 162 Å². The van der Waals surface area contributed by atoms with Crippen LogP contribution in [-0.2, 0) is 4.79 Å². The normalized spacial score (nSPS) is 15.3. The first-order valence-electron chi connectivity index (χ1n) is 9.16. The molecule has 0 radical (unpaired) electrons. The second-order valence-corrected chi connectivity index (χ2v) is 7.97. The summed E-state index contributed by atoms with van der Waals surface area (Å²) >= 11 is 1.45. The number of carbonyl (C=O) groups is 1. The van der Waals surface area contributed by atoms with Gasteiger partial charge in [-0.05, 0) is 44.9 Å². The molecule has 1 aromatic carbocycles. The van der Waals surface area contributed by atoms with E-state index in [-0.39, 0.29) is 11.2 Å². The number of hydrogen-bond acceptors (Lipinski definition) is 5. The number of thioether (sulfide) groups is 1. The molecule has 0 saturated carbocycles. The Balaban J connectivity index is 1.69. The van der Waals surface area contributed by atoms with E-state index in [1.807, 2.05) is 59.7 Å². The van der Waals surface area contributed by atoms with Crippen molar-refractivity contribution in [1.82, 2.24) is 19.7 Å². The zero-order valence-electron chi connectivity index (χ0n) is 15.5. The van der Waals surface area contributed by atoms with Gasteiger partial charge >= 0.3 is 0 Å². The van der Waals surface area contributed by atoms with Crippen molar-refractivity contribution in [2.45, 2.75) is 37.1 Å². The van der Waals surface area contributed by atoms with Crippen LogP contribution in [0.2, 0.25) is 0 Å². The van der Waals surface area contributed by atoms with Gasteiger partial charge in [0.05, 0.1) is 17.1 Å². The summed E-state index contributed by atoms with van der Waals surface area (Å²) in [5.41, 5.74) is 1.86. The highest BCUT2D eigenvalue weighted by Gasteiger charge is 2.27. The van der Waals surface area contributed by atoms with E-state index < -0.39 is 0 Å². The molecule has 27 heavy (non-hydrogen) atoms. The molecule has 6 nitrogen and oxygen atoms in total. The van der Waals surface area contributed by atoms with Crippen LogP contribution in [0.3, 0.4) is 0 Å². The van der Waals surface area contributed by atoms with Crippen molar-refractivity contribution in [3.8, 4) is 17.1 Å². The molecule has 0 N–H and O–H groups in total. The molecular weight excluding hydrogens is 360 g/mol. The molecular formula is C20H22N4O2S. The van der Waals surface area contributed by atoms with Crippen molar-refractivity contribution in [3.63, 3.8) is 0 Å². The molecule has 1 atom stereocenters. The first-order valence-corrected chi connectivity index (χ1v) is 10.0. The van der Waals surface area contributed by atoms with Gasteiger partial charge in [-0.3, -0.25) is 9.36 Å². The summed E-state index contributed by atoms with van der Waals surface area (Å²) in [6.45, 7) is 5.56. The van der Waals surface area contributed by atoms with Crippen LogP contribution in [0.1, 0.15) is 25.5 Å². The van der Waals surface area contributed by atoms with E-state index in [1.54, 1.807) is 6.26 Å². The fraction of sp³-hybridized carbons (Fsp3) is 0.350. The highest BCUT2D eigenvalue weighted by molar-refractivity contribution is 8.00. The van der Waals surface area contributed by atoms with Crippen LogP contribution in [0.4, 0.5) is 0 Å². The van der Waals surface area contributed by atoms with Crippen LogP contribution < -0.4 is 0 Å². The molecule has 140 valence electrons. The molecule has 3 aromatic rings. The van der Waals surface area contributed by atoms with Crippen LogP contribution in [0, 0.1) is 6.92 Å². The van der Waals surface area contributed by atoms with Crippen molar-refractivity contribution in [3.05, 3.63) is 48.4 Å². The van der Waals surface area contributed by atoms with Crippen LogP contribution in [-0.4, -0.2) is 43.9 Å². The number of aromatic nitrogens is 3. The zero-order valence-corrected chi connectivity index (χ0v) is 16.3. The lowest BCUT2D eigenvalue weighted by Crippen LogP contribution is -2.34. The maximum atomic E-state index is 12.7. The quantitative estimate of drug-likeness (QED) is 0.626. The summed E-state index contributed by atoms with van der Waals surface area (Å²) in [5, 5.41) is 9.31. The molecule has 0 spiro atoms. The number of furan rings is 1. The third-order valence-corrected chi connectivity index (χ3v) is 5.83. The molecule has 1 amide bonds. The van der Waals surface area contributed by atoms with Crippen molar-refractivity contribution < 1.29 is 9.21 Å². The standard InChI is InChI=1S/C20H22N4O2S/c1-14-17(10-13-26-14)18-21-22-20(24(18)16-8-4-3-5-9-16)27-15(2)19(25)23-11-6-7-12-23/h3-5,8-10,13,15H,6-7,11-12H2,1-2H3/t15-/m0/s1. The van der Waals surface area contributed by atoms with Crippen molar-refractivity contribution >= 4 is 17.7 Å². The molecule has 7 heteroatoms. The average Bonchev–Trinajstić information content (AvgIpc) is 3.42. The highest BCUT2D eigenvalue weighted by atomic mass is 32.2. The van der Waals surface area contributed by atoms with Crippen LogP contribution in [0.5, 0.6) is 0 Å². The van der Waals surface area contributed by atoms with Gasteiger partial charge in [0.15, 0.2) is 11.0 Å². The molecule has 0 aliphatic carbocycles. The molecule has 3 heterocycles. The number of nitrogens with zero attached hydrogens (tertiary/aromatic N) is 4. The van der Waals surface area contributed by atoms with Crippen molar-refractivity contribution in [2.24, 2.45) is 0 Å². The van der Waals surface area contributed by atoms with Gasteiger partial charge in [0.1, 0.15) is 5.76 Å². The molecule has 1 saturated heterocycles. The minimum atomic E-state index is -0.215. The lowest BCUT2D eigenvalue weighted by molar-refractivity contribution is -0.129. The topological polar surface area (TPSA) is 64.2 Å². The second kappa shape index (κ2) is 7.60. The molecule has 4 rings (SSSR count). The van der Waals surface area contributed by atoms with Crippen molar-refractivity contribution in [1.29, 1.82) is 0 Å². The fourth-order valence-electron chi connectivity index (χ4n) is 3.35. The number of likely N-dealkylation sites (tertiary alicyclic amines) is 1. The highest BCUT2D eigenvalue weighted by Crippen LogP contribution is 2.32. The van der Waals surface area contributed by atoms with E-state index in [2.05, 4.69) is 10.2 Å². The van der Waals surface area contributed by atoms with Gasteiger partial charge in [-0.15, -0.1) is 10.2 Å². The SMILES string of the molecule is Cc1occc1-c1nnc(S[C@@H](C)C(=O)N2CCCC2)n1-c1ccccc1. The Morgan fingerprint density at radius 3 is 2.56 bits per heavy atom. The zero-order chi connectivity index (χ0) is 18.8. The molecule has 1 aliphatic rings. The maximum absolute atomic E-state index is 12.7. The van der Waals surface area contributed by atoms with E-state index in [9.17, 15) is 4.79 Å². The number of para-hydroxylation sites is 1.